The largest absolute Gasteiger partial charge is 0.493 e. The maximum absolute atomic E-state index is 10.7. The molecule has 2 atom stereocenters. The number of halogens is 1. The van der Waals surface area contributed by atoms with E-state index in [-0.39, 0.29) is 18.3 Å². The Morgan fingerprint density at radius 1 is 1.42 bits per heavy atom. The van der Waals surface area contributed by atoms with Gasteiger partial charge in [0.1, 0.15) is 5.75 Å². The molecule has 1 aromatic rings. The van der Waals surface area contributed by atoms with Crippen LogP contribution < -0.4 is 10.5 Å². The minimum absolute atomic E-state index is 0.00122. The van der Waals surface area contributed by atoms with Gasteiger partial charge in [-0.05, 0) is 49.1 Å². The standard InChI is InChI=1S/C14H20ClNO3/c1-10(6-11(8-16)7-14(17)18)9-19-13-4-2-12(15)3-5-13/h2-5,10-11H,6-9,16H2,1H3,(H,17,18)/t10?,11-/m0/s1. The Balaban J connectivity index is 2.35. The summed E-state index contributed by atoms with van der Waals surface area (Å²) in [6.45, 7) is 2.95. The van der Waals surface area contributed by atoms with E-state index in [1.165, 1.54) is 0 Å². The maximum atomic E-state index is 10.7. The molecule has 0 saturated carbocycles. The second-order valence-electron chi connectivity index (χ2n) is 4.81. The third-order valence-electron chi connectivity index (χ3n) is 2.88. The van der Waals surface area contributed by atoms with E-state index in [1.54, 1.807) is 12.1 Å². The Bertz CT molecular complexity index is 394. The van der Waals surface area contributed by atoms with Crippen molar-refractivity contribution in [3.63, 3.8) is 0 Å². The van der Waals surface area contributed by atoms with E-state index in [0.29, 0.717) is 18.2 Å². The molecule has 5 heteroatoms. The molecule has 0 saturated heterocycles. The number of benzene rings is 1. The molecule has 3 N–H and O–H groups in total. The van der Waals surface area contributed by atoms with Crippen molar-refractivity contribution in [3.8, 4) is 5.75 Å². The highest BCUT2D eigenvalue weighted by Crippen LogP contribution is 2.19. The Morgan fingerprint density at radius 2 is 2.05 bits per heavy atom. The number of hydrogen-bond acceptors (Lipinski definition) is 3. The van der Waals surface area contributed by atoms with Gasteiger partial charge in [-0.25, -0.2) is 0 Å². The zero-order chi connectivity index (χ0) is 14.3. The van der Waals surface area contributed by atoms with Gasteiger partial charge in [0.15, 0.2) is 0 Å². The first-order valence-electron chi connectivity index (χ1n) is 6.31. The Hall–Kier alpha value is -1.26. The molecule has 0 amide bonds. The Morgan fingerprint density at radius 3 is 2.58 bits per heavy atom. The van der Waals surface area contributed by atoms with Crippen molar-refractivity contribution in [2.24, 2.45) is 17.6 Å². The van der Waals surface area contributed by atoms with Gasteiger partial charge in [0.05, 0.1) is 6.61 Å². The fraction of sp³-hybridized carbons (Fsp3) is 0.500. The molecule has 0 aliphatic rings. The van der Waals surface area contributed by atoms with Gasteiger partial charge in [-0.3, -0.25) is 4.79 Å². The zero-order valence-electron chi connectivity index (χ0n) is 11.0. The minimum Gasteiger partial charge on any atom is -0.493 e. The SMILES string of the molecule is CC(COc1ccc(Cl)cc1)C[C@H](CN)CC(=O)O. The molecule has 0 heterocycles. The van der Waals surface area contributed by atoms with Crippen LogP contribution in [0.5, 0.6) is 5.75 Å². The molecule has 0 bridgehead atoms. The van der Waals surface area contributed by atoms with Crippen molar-refractivity contribution >= 4 is 17.6 Å². The number of nitrogens with two attached hydrogens (primary N) is 1. The molecule has 0 spiro atoms. The van der Waals surface area contributed by atoms with E-state index in [1.807, 2.05) is 19.1 Å². The van der Waals surface area contributed by atoms with E-state index >= 15 is 0 Å². The topological polar surface area (TPSA) is 72.5 Å². The van der Waals surface area contributed by atoms with Crippen LogP contribution in [0.1, 0.15) is 19.8 Å². The van der Waals surface area contributed by atoms with Crippen molar-refractivity contribution in [2.45, 2.75) is 19.8 Å². The highest BCUT2D eigenvalue weighted by atomic mass is 35.5. The lowest BCUT2D eigenvalue weighted by Crippen LogP contribution is -2.22. The predicted octanol–water partition coefficient (Wildman–Crippen LogP) is 2.79. The van der Waals surface area contributed by atoms with Gasteiger partial charge in [-0.1, -0.05) is 18.5 Å². The molecule has 1 aromatic carbocycles. The van der Waals surface area contributed by atoms with Crippen molar-refractivity contribution in [1.29, 1.82) is 0 Å². The average Bonchev–Trinajstić information content (AvgIpc) is 2.36. The lowest BCUT2D eigenvalue weighted by atomic mass is 9.94. The number of hydrogen-bond donors (Lipinski definition) is 2. The Kier molecular flexibility index (Phi) is 6.67. The summed E-state index contributed by atoms with van der Waals surface area (Å²) in [5.41, 5.74) is 5.57. The number of aliphatic carboxylic acids is 1. The van der Waals surface area contributed by atoms with Crippen molar-refractivity contribution in [3.05, 3.63) is 29.3 Å². The van der Waals surface area contributed by atoms with Crippen LogP contribution in [0.2, 0.25) is 5.02 Å². The van der Waals surface area contributed by atoms with Gasteiger partial charge >= 0.3 is 5.97 Å². The summed E-state index contributed by atoms with van der Waals surface area (Å²) in [4.78, 5) is 10.7. The molecule has 0 aliphatic carbocycles. The molecular weight excluding hydrogens is 266 g/mol. The molecule has 4 nitrogen and oxygen atoms in total. The predicted molar refractivity (Wildman–Crippen MR) is 75.5 cm³/mol. The van der Waals surface area contributed by atoms with Gasteiger partial charge in [0.25, 0.3) is 0 Å². The quantitative estimate of drug-likeness (QED) is 0.770. The molecule has 0 aromatic heterocycles. The lowest BCUT2D eigenvalue weighted by molar-refractivity contribution is -0.138. The third kappa shape index (κ3) is 6.45. The summed E-state index contributed by atoms with van der Waals surface area (Å²) in [7, 11) is 0. The first kappa shape index (κ1) is 15.8. The fourth-order valence-electron chi connectivity index (χ4n) is 1.92. The van der Waals surface area contributed by atoms with Gasteiger partial charge in [0, 0.05) is 11.4 Å². The molecule has 1 rings (SSSR count). The van der Waals surface area contributed by atoms with Crippen molar-refractivity contribution < 1.29 is 14.6 Å². The van der Waals surface area contributed by atoms with Crippen LogP contribution in [0.25, 0.3) is 0 Å². The summed E-state index contributed by atoms with van der Waals surface area (Å²) in [5.74, 6) is 0.213. The van der Waals surface area contributed by atoms with E-state index < -0.39 is 5.97 Å². The molecular formula is C14H20ClNO3. The van der Waals surface area contributed by atoms with Gasteiger partial charge in [-0.15, -0.1) is 0 Å². The third-order valence-corrected chi connectivity index (χ3v) is 3.13. The lowest BCUT2D eigenvalue weighted by Gasteiger charge is -2.18. The van der Waals surface area contributed by atoms with E-state index in [4.69, 9.17) is 27.2 Å². The van der Waals surface area contributed by atoms with E-state index in [0.717, 1.165) is 12.2 Å². The smallest absolute Gasteiger partial charge is 0.303 e. The van der Waals surface area contributed by atoms with Gasteiger partial charge in [-0.2, -0.15) is 0 Å². The molecule has 0 fully saturated rings. The summed E-state index contributed by atoms with van der Waals surface area (Å²) < 4.78 is 5.63. The number of ether oxygens (including phenoxy) is 1. The van der Waals surface area contributed by atoms with E-state index in [2.05, 4.69) is 0 Å². The van der Waals surface area contributed by atoms with Crippen LogP contribution in [0.3, 0.4) is 0 Å². The monoisotopic (exact) mass is 285 g/mol. The van der Waals surface area contributed by atoms with Crippen LogP contribution in [0, 0.1) is 11.8 Å². The zero-order valence-corrected chi connectivity index (χ0v) is 11.8. The molecule has 1 unspecified atom stereocenters. The highest BCUT2D eigenvalue weighted by molar-refractivity contribution is 6.30. The molecule has 0 aliphatic heterocycles. The molecule has 19 heavy (non-hydrogen) atoms. The summed E-state index contributed by atoms with van der Waals surface area (Å²) >= 11 is 5.79. The summed E-state index contributed by atoms with van der Waals surface area (Å²) in [6.07, 6.45) is 0.859. The van der Waals surface area contributed by atoms with Crippen molar-refractivity contribution in [1.82, 2.24) is 0 Å². The Labute approximate surface area is 118 Å². The normalized spacial score (nSPS) is 13.8. The second-order valence-corrected chi connectivity index (χ2v) is 5.24. The average molecular weight is 286 g/mol. The molecule has 0 radical (unpaired) electrons. The van der Waals surface area contributed by atoms with Crippen LogP contribution in [-0.2, 0) is 4.79 Å². The highest BCUT2D eigenvalue weighted by Gasteiger charge is 2.15. The number of carbonyl (C=O) groups is 1. The fourth-order valence-corrected chi connectivity index (χ4v) is 2.04. The minimum atomic E-state index is -0.804. The van der Waals surface area contributed by atoms with E-state index in [9.17, 15) is 4.79 Å². The second kappa shape index (κ2) is 8.02. The van der Waals surface area contributed by atoms with Gasteiger partial charge < -0.3 is 15.6 Å². The first-order valence-corrected chi connectivity index (χ1v) is 6.69. The number of carboxylic acid groups (broad SMARTS) is 1. The number of rotatable bonds is 8. The van der Waals surface area contributed by atoms with Crippen LogP contribution in [0.15, 0.2) is 24.3 Å². The van der Waals surface area contributed by atoms with Gasteiger partial charge in [0.2, 0.25) is 0 Å². The molecule has 106 valence electrons. The summed E-state index contributed by atoms with van der Waals surface area (Å²) in [5, 5.41) is 9.43. The first-order chi connectivity index (χ1) is 9.01. The van der Waals surface area contributed by atoms with Crippen LogP contribution in [0.4, 0.5) is 0 Å². The van der Waals surface area contributed by atoms with Crippen molar-refractivity contribution in [2.75, 3.05) is 13.2 Å². The number of carboxylic acids is 1. The summed E-state index contributed by atoms with van der Waals surface area (Å²) in [6, 6.07) is 7.17. The van der Waals surface area contributed by atoms with Crippen LogP contribution >= 0.6 is 11.6 Å². The maximum Gasteiger partial charge on any atom is 0.303 e. The van der Waals surface area contributed by atoms with Crippen LogP contribution in [-0.4, -0.2) is 24.2 Å².